The summed E-state index contributed by atoms with van der Waals surface area (Å²) >= 11 is 0. The van der Waals surface area contributed by atoms with Gasteiger partial charge in [-0.25, -0.2) is 9.59 Å². The van der Waals surface area contributed by atoms with E-state index in [1.807, 2.05) is 88.4 Å². The topological polar surface area (TPSA) is 201 Å². The predicted molar refractivity (Wildman–Crippen MR) is 218 cm³/mol. The number of aromatic nitrogens is 2. The van der Waals surface area contributed by atoms with Gasteiger partial charge in [-0.1, -0.05) is 113 Å². The number of pyridine rings is 2. The number of aliphatic hydroxyl groups excluding tert-OH is 2. The molecule has 2 aromatic carbocycles. The molecular formula is C44H56N6O8. The van der Waals surface area contributed by atoms with Crippen molar-refractivity contribution in [1.29, 1.82) is 0 Å². The fourth-order valence-corrected chi connectivity index (χ4v) is 6.26. The SMILES string of the molecule is CC[C@H](C)[C@H](NC(=O)OCc1ccccn1)C(=O)NC(Cc1ccccc1)C(O)C(O)C(Cc1ccccc1)NC(=O)[C@@H](NC(=O)OCc1ccccn1)[C@@H](C)CC. The Kier molecular flexibility index (Phi) is 18.1. The number of rotatable bonds is 21. The number of amides is 4. The molecule has 2 heterocycles. The normalized spacial score (nSPS) is 15.2. The largest absolute Gasteiger partial charge is 0.443 e. The van der Waals surface area contributed by atoms with Gasteiger partial charge in [-0.3, -0.25) is 19.6 Å². The zero-order valence-electron chi connectivity index (χ0n) is 33.5. The van der Waals surface area contributed by atoms with Crippen LogP contribution >= 0.6 is 0 Å². The van der Waals surface area contributed by atoms with E-state index < -0.39 is 60.4 Å². The molecule has 4 aromatic rings. The minimum atomic E-state index is -1.62. The third kappa shape index (κ3) is 14.3. The fraction of sp³-hybridized carbons (Fsp3) is 0.409. The number of hydrogen-bond donors (Lipinski definition) is 6. The summed E-state index contributed by atoms with van der Waals surface area (Å²) in [7, 11) is 0. The zero-order valence-corrected chi connectivity index (χ0v) is 33.5. The second kappa shape index (κ2) is 23.4. The number of carbonyl (C=O) groups is 4. The molecule has 0 spiro atoms. The van der Waals surface area contributed by atoms with Crippen molar-refractivity contribution in [1.82, 2.24) is 31.2 Å². The third-order valence-corrected chi connectivity index (χ3v) is 10.1. The highest BCUT2D eigenvalue weighted by atomic mass is 16.6. The number of aliphatic hydroxyl groups is 2. The van der Waals surface area contributed by atoms with Crippen LogP contribution < -0.4 is 21.3 Å². The number of alkyl carbamates (subject to hydrolysis) is 2. The number of nitrogens with one attached hydrogen (secondary N) is 4. The van der Waals surface area contributed by atoms with Gasteiger partial charge in [0.1, 0.15) is 37.5 Å². The van der Waals surface area contributed by atoms with Gasteiger partial charge in [-0.2, -0.15) is 0 Å². The first-order chi connectivity index (χ1) is 28.0. The Hall–Kier alpha value is -5.86. The summed E-state index contributed by atoms with van der Waals surface area (Å²) in [6.45, 7) is 7.17. The van der Waals surface area contributed by atoms with Gasteiger partial charge in [0, 0.05) is 12.4 Å². The average Bonchev–Trinajstić information content (AvgIpc) is 3.25. The van der Waals surface area contributed by atoms with Crippen LogP contribution in [-0.4, -0.2) is 80.6 Å². The Morgan fingerprint density at radius 3 is 1.24 bits per heavy atom. The summed E-state index contributed by atoms with van der Waals surface area (Å²) in [5, 5.41) is 35.1. The molecule has 0 saturated carbocycles. The molecule has 6 N–H and O–H groups in total. The Balaban J connectivity index is 1.56. The van der Waals surface area contributed by atoms with E-state index in [2.05, 4.69) is 31.2 Å². The van der Waals surface area contributed by atoms with Crippen molar-refractivity contribution in [3.8, 4) is 0 Å². The van der Waals surface area contributed by atoms with Crippen LogP contribution in [0.3, 0.4) is 0 Å². The number of ether oxygens (including phenoxy) is 2. The first kappa shape index (κ1) is 44.8. The highest BCUT2D eigenvalue weighted by molar-refractivity contribution is 5.87. The highest BCUT2D eigenvalue weighted by Crippen LogP contribution is 2.18. The summed E-state index contributed by atoms with van der Waals surface area (Å²) in [4.78, 5) is 62.3. The second-order valence-electron chi connectivity index (χ2n) is 14.4. The smallest absolute Gasteiger partial charge is 0.408 e. The quantitative estimate of drug-likeness (QED) is 0.0691. The zero-order chi connectivity index (χ0) is 41.9. The average molecular weight is 797 g/mol. The van der Waals surface area contributed by atoms with Crippen molar-refractivity contribution in [3.05, 3.63) is 132 Å². The van der Waals surface area contributed by atoms with Gasteiger partial charge >= 0.3 is 12.2 Å². The molecule has 4 rings (SSSR count). The number of nitrogens with zero attached hydrogens (tertiary/aromatic N) is 2. The molecule has 0 saturated heterocycles. The maximum Gasteiger partial charge on any atom is 0.408 e. The Morgan fingerprint density at radius 1 is 0.552 bits per heavy atom. The molecule has 14 nitrogen and oxygen atoms in total. The van der Waals surface area contributed by atoms with Gasteiger partial charge in [0.2, 0.25) is 11.8 Å². The monoisotopic (exact) mass is 796 g/mol. The molecule has 310 valence electrons. The van der Waals surface area contributed by atoms with Crippen molar-refractivity contribution in [2.45, 2.75) is 103 Å². The van der Waals surface area contributed by atoms with E-state index >= 15 is 0 Å². The maximum atomic E-state index is 14.1. The summed E-state index contributed by atoms with van der Waals surface area (Å²) in [5.74, 6) is -1.87. The van der Waals surface area contributed by atoms with Crippen LogP contribution in [-0.2, 0) is 45.1 Å². The number of hydrogen-bond acceptors (Lipinski definition) is 10. The fourth-order valence-electron chi connectivity index (χ4n) is 6.26. The van der Waals surface area contributed by atoms with Crippen molar-refractivity contribution < 1.29 is 38.9 Å². The second-order valence-corrected chi connectivity index (χ2v) is 14.4. The summed E-state index contributed by atoms with van der Waals surface area (Å²) in [6.07, 6.45) is -0.448. The molecule has 2 aromatic heterocycles. The number of carbonyl (C=O) groups excluding carboxylic acids is 4. The van der Waals surface area contributed by atoms with Crippen molar-refractivity contribution >= 4 is 24.0 Å². The van der Waals surface area contributed by atoms with Crippen LogP contribution in [0.15, 0.2) is 109 Å². The van der Waals surface area contributed by atoms with Crippen LogP contribution in [0.25, 0.3) is 0 Å². The molecule has 8 atom stereocenters. The van der Waals surface area contributed by atoms with Crippen molar-refractivity contribution in [2.24, 2.45) is 11.8 Å². The first-order valence-corrected chi connectivity index (χ1v) is 19.7. The van der Waals surface area contributed by atoms with Crippen LogP contribution in [0, 0.1) is 11.8 Å². The van der Waals surface area contributed by atoms with Gasteiger partial charge in [0.15, 0.2) is 0 Å². The number of benzene rings is 2. The van der Waals surface area contributed by atoms with Crippen molar-refractivity contribution in [3.63, 3.8) is 0 Å². The lowest BCUT2D eigenvalue weighted by Gasteiger charge is -2.35. The minimum Gasteiger partial charge on any atom is -0.443 e. The highest BCUT2D eigenvalue weighted by Gasteiger charge is 2.38. The summed E-state index contributed by atoms with van der Waals surface area (Å²) < 4.78 is 10.7. The van der Waals surface area contributed by atoms with Crippen LogP contribution in [0.1, 0.15) is 63.1 Å². The molecule has 0 radical (unpaired) electrons. The standard InChI is InChI=1S/C44H56N6O8/c1-5-29(3)37(49-43(55)57-27-33-21-13-15-23-45-33)41(53)47-35(25-31-17-9-7-10-18-31)39(51)40(52)36(26-32-19-11-8-12-20-32)48-42(54)38(30(4)6-2)50-44(56)58-28-34-22-14-16-24-46-34/h7-24,29-30,35-40,51-52H,5-6,25-28H2,1-4H3,(H,47,53)(H,48,54)(H,49,55)(H,50,56)/t29-,30-,35?,36?,37-,38-,39?,40?/m0/s1. The van der Waals surface area contributed by atoms with Crippen molar-refractivity contribution in [2.75, 3.05) is 0 Å². The van der Waals surface area contributed by atoms with Crippen LogP contribution in [0.4, 0.5) is 9.59 Å². The molecule has 0 bridgehead atoms. The van der Waals surface area contributed by atoms with Gasteiger partial charge < -0.3 is 41.0 Å². The Morgan fingerprint density at radius 2 is 0.914 bits per heavy atom. The lowest BCUT2D eigenvalue weighted by atomic mass is 9.89. The maximum absolute atomic E-state index is 14.1. The molecule has 0 aliphatic carbocycles. The molecule has 0 aliphatic heterocycles. The van der Waals surface area contributed by atoms with Gasteiger partial charge in [0.25, 0.3) is 0 Å². The molecular weight excluding hydrogens is 741 g/mol. The lowest BCUT2D eigenvalue weighted by molar-refractivity contribution is -0.129. The molecule has 0 fully saturated rings. The van der Waals surface area contributed by atoms with E-state index in [0.717, 1.165) is 11.1 Å². The van der Waals surface area contributed by atoms with E-state index in [-0.39, 0.29) is 37.9 Å². The van der Waals surface area contributed by atoms with E-state index in [4.69, 9.17) is 9.47 Å². The van der Waals surface area contributed by atoms with Crippen LogP contribution in [0.2, 0.25) is 0 Å². The van der Waals surface area contributed by atoms with Gasteiger partial charge in [-0.05, 0) is 60.1 Å². The molecule has 58 heavy (non-hydrogen) atoms. The van der Waals surface area contributed by atoms with E-state index in [1.165, 1.54) is 0 Å². The third-order valence-electron chi connectivity index (χ3n) is 10.1. The van der Waals surface area contributed by atoms with E-state index in [1.54, 1.807) is 48.8 Å². The predicted octanol–water partition coefficient (Wildman–Crippen LogP) is 4.64. The molecule has 0 aliphatic rings. The first-order valence-electron chi connectivity index (χ1n) is 19.7. The lowest BCUT2D eigenvalue weighted by Crippen LogP contribution is -2.61. The summed E-state index contributed by atoms with van der Waals surface area (Å²) in [6, 6.07) is 24.4. The minimum absolute atomic E-state index is 0.0999. The Labute approximate surface area is 340 Å². The molecule has 14 heteroatoms. The molecule has 4 amide bonds. The van der Waals surface area contributed by atoms with Gasteiger partial charge in [-0.15, -0.1) is 0 Å². The van der Waals surface area contributed by atoms with E-state index in [9.17, 15) is 29.4 Å². The molecule has 4 unspecified atom stereocenters. The summed E-state index contributed by atoms with van der Waals surface area (Å²) in [5.41, 5.74) is 2.59. The Bertz CT molecular complexity index is 1710. The van der Waals surface area contributed by atoms with Gasteiger partial charge in [0.05, 0.1) is 23.5 Å². The van der Waals surface area contributed by atoms with Crippen LogP contribution in [0.5, 0.6) is 0 Å². The van der Waals surface area contributed by atoms with E-state index in [0.29, 0.717) is 24.2 Å².